The number of ether oxygens (including phenoxy) is 2. The zero-order valence-electron chi connectivity index (χ0n) is 20.3. The Labute approximate surface area is 203 Å². The fourth-order valence-corrected chi connectivity index (χ4v) is 5.37. The van der Waals surface area contributed by atoms with E-state index < -0.39 is 0 Å². The Bertz CT molecular complexity index is 837. The van der Waals surface area contributed by atoms with Crippen LogP contribution in [0.3, 0.4) is 0 Å². The van der Waals surface area contributed by atoms with Gasteiger partial charge in [0.15, 0.2) is 12.1 Å². The van der Waals surface area contributed by atoms with Gasteiger partial charge in [-0.15, -0.1) is 10.2 Å². The number of benzene rings is 1. The number of nitrogens with one attached hydrogen (secondary N) is 1. The zero-order valence-corrected chi connectivity index (χ0v) is 20.3. The van der Waals surface area contributed by atoms with Crippen molar-refractivity contribution in [1.82, 2.24) is 20.6 Å². The summed E-state index contributed by atoms with van der Waals surface area (Å²) in [6, 6.07) is 10.6. The summed E-state index contributed by atoms with van der Waals surface area (Å²) in [5.41, 5.74) is 1.34. The SMILES string of the molecule is O[C@@H]1CC[C@@H](C(=CCCc2ccccc2)OC2CCCCO2)[C@@H]1CCCCCCc1nn[nH]n1. The molecule has 1 saturated carbocycles. The predicted molar refractivity (Wildman–Crippen MR) is 131 cm³/mol. The van der Waals surface area contributed by atoms with E-state index >= 15 is 0 Å². The molecule has 1 aliphatic carbocycles. The van der Waals surface area contributed by atoms with Crippen molar-refractivity contribution in [2.75, 3.05) is 6.61 Å². The summed E-state index contributed by atoms with van der Waals surface area (Å²) in [6.07, 6.45) is 15.3. The van der Waals surface area contributed by atoms with Gasteiger partial charge in [0.2, 0.25) is 0 Å². The van der Waals surface area contributed by atoms with Crippen molar-refractivity contribution in [3.05, 3.63) is 53.6 Å². The van der Waals surface area contributed by atoms with Crippen LogP contribution < -0.4 is 0 Å². The lowest BCUT2D eigenvalue weighted by atomic mass is 9.87. The average molecular weight is 469 g/mol. The number of H-pyrrole nitrogens is 1. The van der Waals surface area contributed by atoms with E-state index in [0.717, 1.165) is 102 Å². The van der Waals surface area contributed by atoms with Crippen molar-refractivity contribution in [3.63, 3.8) is 0 Å². The number of aliphatic hydroxyl groups excluding tert-OH is 1. The predicted octanol–water partition coefficient (Wildman–Crippen LogP) is 5.14. The molecule has 1 aromatic carbocycles. The van der Waals surface area contributed by atoms with Gasteiger partial charge in [0.1, 0.15) is 0 Å². The van der Waals surface area contributed by atoms with Crippen LogP contribution in [0, 0.1) is 11.8 Å². The number of rotatable bonds is 13. The molecule has 1 aromatic heterocycles. The normalized spacial score (nSPS) is 25.5. The summed E-state index contributed by atoms with van der Waals surface area (Å²) in [5, 5.41) is 25.0. The standard InChI is InChI=1S/C27H40N4O3/c32-24-19-18-23(22(24)14-6-1-2-7-16-26-28-30-31-29-26)25(34-27-17-8-9-20-33-27)15-10-13-21-11-4-3-5-12-21/h3-5,11-12,15,22-24,27,32H,1-2,6-10,13-14,16-20H2,(H,28,29,30,31)/t22-,23+,24+,27?/m0/s1. The topological polar surface area (TPSA) is 93.1 Å². The number of aromatic nitrogens is 4. The van der Waals surface area contributed by atoms with Crippen molar-refractivity contribution >= 4 is 0 Å². The Morgan fingerprint density at radius 3 is 2.74 bits per heavy atom. The maximum Gasteiger partial charge on any atom is 0.199 e. The van der Waals surface area contributed by atoms with Crippen molar-refractivity contribution in [2.24, 2.45) is 11.8 Å². The smallest absolute Gasteiger partial charge is 0.199 e. The minimum absolute atomic E-state index is 0.139. The zero-order chi connectivity index (χ0) is 23.4. The number of tetrazole rings is 1. The van der Waals surface area contributed by atoms with Crippen LogP contribution in [0.1, 0.15) is 82.0 Å². The van der Waals surface area contributed by atoms with E-state index in [9.17, 15) is 5.11 Å². The molecule has 2 aromatic rings. The molecular weight excluding hydrogens is 428 g/mol. The number of hydrogen-bond donors (Lipinski definition) is 2. The van der Waals surface area contributed by atoms with Crippen LogP contribution in [0.25, 0.3) is 0 Å². The van der Waals surface area contributed by atoms with Crippen LogP contribution in [0.2, 0.25) is 0 Å². The van der Waals surface area contributed by atoms with E-state index in [-0.39, 0.29) is 24.2 Å². The quantitative estimate of drug-likeness (QED) is 0.312. The maximum atomic E-state index is 10.8. The second-order valence-electron chi connectivity index (χ2n) is 9.74. The minimum atomic E-state index is -0.238. The highest BCUT2D eigenvalue weighted by Gasteiger charge is 2.38. The molecule has 4 atom stereocenters. The number of aliphatic hydroxyl groups is 1. The van der Waals surface area contributed by atoms with Gasteiger partial charge in [-0.05, 0) is 68.9 Å². The fourth-order valence-electron chi connectivity index (χ4n) is 5.37. The third-order valence-electron chi connectivity index (χ3n) is 7.25. The van der Waals surface area contributed by atoms with Gasteiger partial charge in [-0.1, -0.05) is 54.8 Å². The van der Waals surface area contributed by atoms with Gasteiger partial charge >= 0.3 is 0 Å². The lowest BCUT2D eigenvalue weighted by molar-refractivity contribution is -0.146. The summed E-state index contributed by atoms with van der Waals surface area (Å²) in [4.78, 5) is 0. The molecule has 1 unspecified atom stereocenters. The molecule has 2 fully saturated rings. The molecule has 4 rings (SSSR count). The van der Waals surface area contributed by atoms with Crippen LogP contribution >= 0.6 is 0 Å². The summed E-state index contributed by atoms with van der Waals surface area (Å²) in [5.74, 6) is 2.40. The van der Waals surface area contributed by atoms with Crippen molar-refractivity contribution in [1.29, 1.82) is 0 Å². The molecule has 0 amide bonds. The highest BCUT2D eigenvalue weighted by atomic mass is 16.7. The van der Waals surface area contributed by atoms with Gasteiger partial charge in [0, 0.05) is 18.8 Å². The van der Waals surface area contributed by atoms with Crippen LogP contribution in [0.5, 0.6) is 0 Å². The summed E-state index contributed by atoms with van der Waals surface area (Å²) < 4.78 is 12.4. The first-order chi connectivity index (χ1) is 16.8. The molecule has 0 bridgehead atoms. The Hall–Kier alpha value is -2.25. The maximum absolute atomic E-state index is 10.8. The number of aromatic amines is 1. The first-order valence-electron chi connectivity index (χ1n) is 13.2. The largest absolute Gasteiger partial charge is 0.469 e. The molecule has 2 heterocycles. The average Bonchev–Trinajstić information content (AvgIpc) is 3.52. The van der Waals surface area contributed by atoms with E-state index in [0.29, 0.717) is 0 Å². The second kappa shape index (κ2) is 13.6. The summed E-state index contributed by atoms with van der Waals surface area (Å²) in [6.45, 7) is 0.780. The Morgan fingerprint density at radius 2 is 1.94 bits per heavy atom. The van der Waals surface area contributed by atoms with Crippen LogP contribution in [-0.4, -0.2) is 44.7 Å². The molecule has 1 aliphatic heterocycles. The van der Waals surface area contributed by atoms with E-state index in [4.69, 9.17) is 9.47 Å². The van der Waals surface area contributed by atoms with E-state index in [1.165, 1.54) is 5.56 Å². The molecule has 2 N–H and O–H groups in total. The molecule has 1 saturated heterocycles. The molecule has 0 radical (unpaired) electrons. The highest BCUT2D eigenvalue weighted by Crippen LogP contribution is 2.41. The molecule has 7 heteroatoms. The van der Waals surface area contributed by atoms with Crippen LogP contribution in [0.15, 0.2) is 42.2 Å². The number of aryl methyl sites for hydroxylation is 2. The molecule has 186 valence electrons. The van der Waals surface area contributed by atoms with Crippen molar-refractivity contribution in [2.45, 2.75) is 95.9 Å². The van der Waals surface area contributed by atoms with Crippen LogP contribution in [0.4, 0.5) is 0 Å². The Balaban J connectivity index is 1.31. The van der Waals surface area contributed by atoms with E-state index in [1.807, 2.05) is 0 Å². The Kier molecular flexibility index (Phi) is 9.94. The van der Waals surface area contributed by atoms with Gasteiger partial charge in [-0.25, -0.2) is 0 Å². The lowest BCUT2D eigenvalue weighted by Crippen LogP contribution is -2.27. The Morgan fingerprint density at radius 1 is 1.06 bits per heavy atom. The van der Waals surface area contributed by atoms with Gasteiger partial charge in [0.25, 0.3) is 0 Å². The third-order valence-corrected chi connectivity index (χ3v) is 7.25. The molecule has 7 nitrogen and oxygen atoms in total. The van der Waals surface area contributed by atoms with Crippen molar-refractivity contribution < 1.29 is 14.6 Å². The van der Waals surface area contributed by atoms with Gasteiger partial charge in [-0.3, -0.25) is 0 Å². The van der Waals surface area contributed by atoms with Gasteiger partial charge < -0.3 is 14.6 Å². The van der Waals surface area contributed by atoms with Crippen LogP contribution in [-0.2, 0) is 22.3 Å². The molecule has 2 aliphatic rings. The van der Waals surface area contributed by atoms with Gasteiger partial charge in [0.05, 0.1) is 18.5 Å². The van der Waals surface area contributed by atoms with Crippen molar-refractivity contribution in [3.8, 4) is 0 Å². The summed E-state index contributed by atoms with van der Waals surface area (Å²) >= 11 is 0. The number of hydrogen-bond acceptors (Lipinski definition) is 6. The molecule has 0 spiro atoms. The first kappa shape index (κ1) is 24.9. The number of nitrogens with zero attached hydrogens (tertiary/aromatic N) is 3. The third kappa shape index (κ3) is 7.64. The number of unbranched alkanes of at least 4 members (excludes halogenated alkanes) is 3. The van der Waals surface area contributed by atoms with E-state index in [1.54, 1.807) is 0 Å². The van der Waals surface area contributed by atoms with E-state index in [2.05, 4.69) is 57.0 Å². The highest BCUT2D eigenvalue weighted by molar-refractivity contribution is 5.16. The second-order valence-corrected chi connectivity index (χ2v) is 9.74. The van der Waals surface area contributed by atoms with Gasteiger partial charge in [-0.2, -0.15) is 5.21 Å². The molecular formula is C27H40N4O3. The lowest BCUT2D eigenvalue weighted by Gasteiger charge is -2.30. The fraction of sp³-hybridized carbons (Fsp3) is 0.667. The first-order valence-corrected chi connectivity index (χ1v) is 13.2. The summed E-state index contributed by atoms with van der Waals surface area (Å²) in [7, 11) is 0. The minimum Gasteiger partial charge on any atom is -0.469 e. The number of allylic oxidation sites excluding steroid dienone is 2. The molecule has 34 heavy (non-hydrogen) atoms. The monoisotopic (exact) mass is 468 g/mol.